The summed E-state index contributed by atoms with van der Waals surface area (Å²) in [6.07, 6.45) is 0.589. The Bertz CT molecular complexity index is 213. The van der Waals surface area contributed by atoms with Gasteiger partial charge in [0.05, 0.1) is 33.0 Å². The van der Waals surface area contributed by atoms with Gasteiger partial charge in [-0.25, -0.2) is 0 Å². The van der Waals surface area contributed by atoms with Crippen LogP contribution < -0.4 is 0 Å². The normalized spacial score (nSPS) is 12.9. The molecular weight excluding hydrogens is 238 g/mol. The summed E-state index contributed by atoms with van der Waals surface area (Å²) in [4.78, 5) is 12.7. The fourth-order valence-electron chi connectivity index (χ4n) is 1.50. The molecule has 6 nitrogen and oxygen atoms in total. The Labute approximate surface area is 109 Å². The molecule has 0 bridgehead atoms. The molecule has 0 aromatic heterocycles. The van der Waals surface area contributed by atoms with Gasteiger partial charge in [-0.05, 0) is 13.5 Å². The lowest BCUT2D eigenvalue weighted by molar-refractivity contribution is -0.143. The molecule has 0 aromatic carbocycles. The van der Waals surface area contributed by atoms with E-state index in [1.165, 1.54) is 0 Å². The Morgan fingerprint density at radius 1 is 1.17 bits per heavy atom. The van der Waals surface area contributed by atoms with E-state index in [0.29, 0.717) is 46.0 Å². The smallest absolute Gasteiger partial charge is 0.320 e. The molecule has 0 aliphatic rings. The number of likely N-dealkylation sites (N-methyl/N-ethyl adjacent to an activating group) is 1. The van der Waals surface area contributed by atoms with Crippen molar-refractivity contribution in [2.45, 2.75) is 19.4 Å². The van der Waals surface area contributed by atoms with Gasteiger partial charge in [0.2, 0.25) is 0 Å². The molecule has 1 N–H and O–H groups in total. The number of carboxylic acid groups (broad SMARTS) is 1. The van der Waals surface area contributed by atoms with Gasteiger partial charge in [0.1, 0.15) is 6.04 Å². The molecule has 1 atom stereocenters. The highest BCUT2D eigenvalue weighted by atomic mass is 16.5. The molecule has 0 aliphatic carbocycles. The lowest BCUT2D eigenvalue weighted by atomic mass is 10.2. The molecule has 0 heterocycles. The fourth-order valence-corrected chi connectivity index (χ4v) is 1.50. The van der Waals surface area contributed by atoms with Gasteiger partial charge >= 0.3 is 5.97 Å². The molecule has 0 aliphatic heterocycles. The number of carbonyl (C=O) groups is 1. The summed E-state index contributed by atoms with van der Waals surface area (Å²) in [7, 11) is 3.42. The van der Waals surface area contributed by atoms with E-state index >= 15 is 0 Å². The fraction of sp³-hybridized carbons (Fsp3) is 0.917. The highest BCUT2D eigenvalue weighted by Crippen LogP contribution is 2.01. The number of hydrogen-bond acceptors (Lipinski definition) is 5. The quantitative estimate of drug-likeness (QED) is 0.516. The first-order chi connectivity index (χ1) is 8.63. The number of rotatable bonds is 12. The maximum Gasteiger partial charge on any atom is 0.320 e. The molecule has 1 unspecified atom stereocenters. The number of nitrogens with zero attached hydrogens (tertiary/aromatic N) is 1. The molecule has 0 spiro atoms. The minimum Gasteiger partial charge on any atom is -0.480 e. The molecule has 0 aromatic rings. The Kier molecular flexibility index (Phi) is 11.0. The summed E-state index contributed by atoms with van der Waals surface area (Å²) >= 11 is 0. The van der Waals surface area contributed by atoms with Gasteiger partial charge in [0.25, 0.3) is 0 Å². The molecular formula is C12H25NO5. The highest BCUT2D eigenvalue weighted by molar-refractivity contribution is 5.73. The average molecular weight is 263 g/mol. The van der Waals surface area contributed by atoms with E-state index in [0.717, 1.165) is 0 Å². The van der Waals surface area contributed by atoms with Crippen LogP contribution in [0.25, 0.3) is 0 Å². The number of aliphatic carboxylic acids is 1. The topological polar surface area (TPSA) is 68.2 Å². The van der Waals surface area contributed by atoms with Gasteiger partial charge in [-0.1, -0.05) is 6.92 Å². The van der Waals surface area contributed by atoms with Gasteiger partial charge < -0.3 is 19.3 Å². The van der Waals surface area contributed by atoms with E-state index in [4.69, 9.17) is 19.3 Å². The number of carboxylic acids is 1. The largest absolute Gasteiger partial charge is 0.480 e. The van der Waals surface area contributed by atoms with Gasteiger partial charge in [-0.2, -0.15) is 0 Å². The summed E-state index contributed by atoms with van der Waals surface area (Å²) < 4.78 is 15.4. The predicted molar refractivity (Wildman–Crippen MR) is 67.9 cm³/mol. The Hall–Kier alpha value is -0.690. The van der Waals surface area contributed by atoms with Crippen LogP contribution in [0.1, 0.15) is 13.3 Å². The van der Waals surface area contributed by atoms with Crippen LogP contribution in [-0.2, 0) is 19.0 Å². The van der Waals surface area contributed by atoms with Crippen LogP contribution in [0.4, 0.5) is 0 Å². The highest BCUT2D eigenvalue weighted by Gasteiger charge is 2.19. The summed E-state index contributed by atoms with van der Waals surface area (Å²) in [6, 6.07) is -0.438. The SMILES string of the molecule is CCC(C(=O)O)N(C)CCOCCOCCOC. The summed E-state index contributed by atoms with van der Waals surface area (Å²) in [5.74, 6) is -0.789. The average Bonchev–Trinajstić information content (AvgIpc) is 2.33. The van der Waals surface area contributed by atoms with Crippen LogP contribution in [0, 0.1) is 0 Å². The van der Waals surface area contributed by atoms with Crippen molar-refractivity contribution in [3.8, 4) is 0 Å². The van der Waals surface area contributed by atoms with Crippen molar-refractivity contribution in [2.24, 2.45) is 0 Å². The van der Waals surface area contributed by atoms with Crippen molar-refractivity contribution < 1.29 is 24.1 Å². The van der Waals surface area contributed by atoms with Gasteiger partial charge in [0.15, 0.2) is 0 Å². The summed E-state index contributed by atoms with van der Waals surface area (Å²) in [5.41, 5.74) is 0. The first-order valence-corrected chi connectivity index (χ1v) is 6.21. The maximum absolute atomic E-state index is 10.9. The standard InChI is InChI=1S/C12H25NO5/c1-4-11(12(14)15)13(2)5-6-17-9-10-18-8-7-16-3/h11H,4-10H2,1-3H3,(H,14,15). The molecule has 0 saturated heterocycles. The van der Waals surface area contributed by atoms with Crippen molar-refractivity contribution in [2.75, 3.05) is 53.7 Å². The predicted octanol–water partition coefficient (Wildman–Crippen LogP) is 0.461. The van der Waals surface area contributed by atoms with E-state index in [-0.39, 0.29) is 0 Å². The first kappa shape index (κ1) is 17.3. The van der Waals surface area contributed by atoms with Crippen molar-refractivity contribution in [1.29, 1.82) is 0 Å². The zero-order valence-corrected chi connectivity index (χ0v) is 11.6. The second-order valence-electron chi connectivity index (χ2n) is 3.96. The van der Waals surface area contributed by atoms with Gasteiger partial charge in [-0.3, -0.25) is 9.69 Å². The monoisotopic (exact) mass is 263 g/mol. The Balaban J connectivity index is 3.45. The minimum atomic E-state index is -0.789. The van der Waals surface area contributed by atoms with Crippen molar-refractivity contribution in [3.05, 3.63) is 0 Å². The van der Waals surface area contributed by atoms with Crippen molar-refractivity contribution >= 4 is 5.97 Å². The molecule has 0 rings (SSSR count). The Morgan fingerprint density at radius 2 is 1.72 bits per heavy atom. The molecule has 0 radical (unpaired) electrons. The van der Waals surface area contributed by atoms with Gasteiger partial charge in [-0.15, -0.1) is 0 Å². The third-order valence-corrected chi connectivity index (χ3v) is 2.60. The van der Waals surface area contributed by atoms with Crippen LogP contribution in [0.2, 0.25) is 0 Å². The van der Waals surface area contributed by atoms with E-state index in [1.54, 1.807) is 19.1 Å². The lowest BCUT2D eigenvalue weighted by Gasteiger charge is -2.23. The van der Waals surface area contributed by atoms with Gasteiger partial charge in [0, 0.05) is 13.7 Å². The molecule has 108 valence electrons. The van der Waals surface area contributed by atoms with Crippen LogP contribution in [0.5, 0.6) is 0 Å². The second kappa shape index (κ2) is 11.4. The minimum absolute atomic E-state index is 0.438. The third-order valence-electron chi connectivity index (χ3n) is 2.60. The van der Waals surface area contributed by atoms with Crippen molar-refractivity contribution in [3.63, 3.8) is 0 Å². The van der Waals surface area contributed by atoms with E-state index in [1.807, 2.05) is 6.92 Å². The molecule has 0 fully saturated rings. The van der Waals surface area contributed by atoms with E-state index in [2.05, 4.69) is 0 Å². The number of ether oxygens (including phenoxy) is 3. The lowest BCUT2D eigenvalue weighted by Crippen LogP contribution is -2.39. The molecule has 6 heteroatoms. The zero-order valence-electron chi connectivity index (χ0n) is 11.6. The molecule has 18 heavy (non-hydrogen) atoms. The first-order valence-electron chi connectivity index (χ1n) is 6.21. The van der Waals surface area contributed by atoms with Crippen LogP contribution >= 0.6 is 0 Å². The van der Waals surface area contributed by atoms with E-state index in [9.17, 15) is 4.79 Å². The third kappa shape index (κ3) is 8.41. The number of hydrogen-bond donors (Lipinski definition) is 1. The number of methoxy groups -OCH3 is 1. The maximum atomic E-state index is 10.9. The molecule has 0 amide bonds. The van der Waals surface area contributed by atoms with Crippen LogP contribution in [0.3, 0.4) is 0 Å². The van der Waals surface area contributed by atoms with Crippen LogP contribution in [0.15, 0.2) is 0 Å². The zero-order chi connectivity index (χ0) is 13.8. The van der Waals surface area contributed by atoms with Crippen LogP contribution in [-0.4, -0.2) is 75.8 Å². The molecule has 0 saturated carbocycles. The summed E-state index contributed by atoms with van der Waals surface area (Å²) in [5, 5.41) is 8.95. The van der Waals surface area contributed by atoms with E-state index < -0.39 is 12.0 Å². The van der Waals surface area contributed by atoms with Crippen molar-refractivity contribution in [1.82, 2.24) is 4.90 Å². The Morgan fingerprint density at radius 3 is 2.22 bits per heavy atom. The summed E-state index contributed by atoms with van der Waals surface area (Å²) in [6.45, 7) is 5.16. The second-order valence-corrected chi connectivity index (χ2v) is 3.96.